The van der Waals surface area contributed by atoms with Gasteiger partial charge in [-0.25, -0.2) is 0 Å². The van der Waals surface area contributed by atoms with Crippen molar-refractivity contribution in [1.29, 1.82) is 0 Å². The molecule has 2 amide bonds. The van der Waals surface area contributed by atoms with E-state index in [-0.39, 0.29) is 31.3 Å². The van der Waals surface area contributed by atoms with Gasteiger partial charge in [0.05, 0.1) is 11.5 Å². The lowest BCUT2D eigenvalue weighted by Crippen LogP contribution is -2.43. The van der Waals surface area contributed by atoms with Crippen molar-refractivity contribution in [3.05, 3.63) is 70.8 Å². The Hall–Kier alpha value is -2.91. The van der Waals surface area contributed by atoms with Gasteiger partial charge in [0.2, 0.25) is 11.8 Å². The maximum atomic E-state index is 13.0. The third-order valence-corrected chi connectivity index (χ3v) is 6.67. The van der Waals surface area contributed by atoms with E-state index in [2.05, 4.69) is 34.3 Å². The zero-order valence-electron chi connectivity index (χ0n) is 19.9. The quantitative estimate of drug-likeness (QED) is 0.651. The molecule has 2 aromatic rings. The molecular formula is C26H31F3N4O2. The van der Waals surface area contributed by atoms with E-state index < -0.39 is 17.7 Å². The molecule has 4 rings (SSSR count). The highest BCUT2D eigenvalue weighted by Gasteiger charge is 2.35. The third-order valence-electron chi connectivity index (χ3n) is 6.67. The summed E-state index contributed by atoms with van der Waals surface area (Å²) in [6.07, 6.45) is -4.37. The van der Waals surface area contributed by atoms with Crippen molar-refractivity contribution in [1.82, 2.24) is 20.0 Å². The molecule has 0 bridgehead atoms. The number of nitrogens with zero attached hydrogens (tertiary/aromatic N) is 3. The number of amides is 2. The molecule has 0 radical (unpaired) electrons. The van der Waals surface area contributed by atoms with Crippen LogP contribution in [0.4, 0.5) is 13.2 Å². The fraction of sp³-hybridized carbons (Fsp3) is 0.462. The van der Waals surface area contributed by atoms with E-state index in [9.17, 15) is 22.8 Å². The summed E-state index contributed by atoms with van der Waals surface area (Å²) in [5.41, 5.74) is 1.84. The molecule has 2 aliphatic rings. The molecule has 9 heteroatoms. The van der Waals surface area contributed by atoms with Crippen molar-refractivity contribution < 1.29 is 22.8 Å². The summed E-state index contributed by atoms with van der Waals surface area (Å²) in [4.78, 5) is 31.3. The van der Waals surface area contributed by atoms with Crippen LogP contribution in [0.3, 0.4) is 0 Å². The van der Waals surface area contributed by atoms with Gasteiger partial charge in [-0.05, 0) is 35.9 Å². The average Bonchev–Trinajstić information content (AvgIpc) is 3.19. The predicted octanol–water partition coefficient (Wildman–Crippen LogP) is 3.12. The van der Waals surface area contributed by atoms with Crippen LogP contribution in [0.2, 0.25) is 0 Å². The number of hydrogen-bond donors (Lipinski definition) is 1. The van der Waals surface area contributed by atoms with Gasteiger partial charge in [0.15, 0.2) is 0 Å². The Kier molecular flexibility index (Phi) is 7.76. The van der Waals surface area contributed by atoms with Crippen LogP contribution in [0, 0.1) is 5.92 Å². The topological polar surface area (TPSA) is 55.9 Å². The zero-order chi connectivity index (χ0) is 25.0. The summed E-state index contributed by atoms with van der Waals surface area (Å²) < 4.78 is 38.9. The largest absolute Gasteiger partial charge is 0.416 e. The van der Waals surface area contributed by atoms with Gasteiger partial charge in [-0.15, -0.1) is 0 Å². The molecule has 1 unspecified atom stereocenters. The van der Waals surface area contributed by atoms with E-state index in [1.807, 2.05) is 12.1 Å². The molecule has 6 nitrogen and oxygen atoms in total. The molecule has 35 heavy (non-hydrogen) atoms. The molecule has 0 spiro atoms. The number of halogens is 3. The van der Waals surface area contributed by atoms with Crippen molar-refractivity contribution in [2.45, 2.75) is 32.2 Å². The molecule has 2 aromatic carbocycles. The van der Waals surface area contributed by atoms with Gasteiger partial charge in [0.25, 0.3) is 0 Å². The lowest BCUT2D eigenvalue weighted by atomic mass is 10.1. The van der Waals surface area contributed by atoms with E-state index >= 15 is 0 Å². The van der Waals surface area contributed by atoms with Gasteiger partial charge in [-0.3, -0.25) is 14.5 Å². The second kappa shape index (κ2) is 10.8. The minimum absolute atomic E-state index is 0.0564. The Morgan fingerprint density at radius 2 is 1.63 bits per heavy atom. The minimum atomic E-state index is -4.44. The molecule has 188 valence electrons. The van der Waals surface area contributed by atoms with Gasteiger partial charge in [0.1, 0.15) is 0 Å². The van der Waals surface area contributed by atoms with Crippen LogP contribution in [0.5, 0.6) is 0 Å². The predicted molar refractivity (Wildman–Crippen MR) is 126 cm³/mol. The molecule has 1 N–H and O–H groups in total. The first-order valence-corrected chi connectivity index (χ1v) is 11.9. The number of hydrogen-bond acceptors (Lipinski definition) is 4. The Morgan fingerprint density at radius 3 is 2.34 bits per heavy atom. The zero-order valence-corrected chi connectivity index (χ0v) is 19.9. The van der Waals surface area contributed by atoms with Crippen LogP contribution in [0.25, 0.3) is 0 Å². The molecule has 2 heterocycles. The lowest BCUT2D eigenvalue weighted by Gasteiger charge is -2.32. The van der Waals surface area contributed by atoms with E-state index in [0.717, 1.165) is 50.4 Å². The van der Waals surface area contributed by atoms with Crippen molar-refractivity contribution in [2.24, 2.45) is 5.92 Å². The Bertz CT molecular complexity index is 1050. The number of likely N-dealkylation sites (tertiary alicyclic amines) is 1. The van der Waals surface area contributed by atoms with Crippen molar-refractivity contribution in [2.75, 3.05) is 39.8 Å². The number of benzene rings is 2. The van der Waals surface area contributed by atoms with Crippen LogP contribution in [-0.2, 0) is 35.4 Å². The summed E-state index contributed by atoms with van der Waals surface area (Å²) in [6, 6.07) is 13.1. The fourth-order valence-corrected chi connectivity index (χ4v) is 4.60. The normalized spacial score (nSPS) is 19.8. The van der Waals surface area contributed by atoms with E-state index in [1.54, 1.807) is 6.07 Å². The van der Waals surface area contributed by atoms with Crippen molar-refractivity contribution in [3.8, 4) is 0 Å². The highest BCUT2D eigenvalue weighted by Crippen LogP contribution is 2.30. The summed E-state index contributed by atoms with van der Waals surface area (Å²) in [6.45, 7) is 5.67. The molecule has 0 saturated carbocycles. The molecule has 2 aliphatic heterocycles. The first-order chi connectivity index (χ1) is 16.7. The summed E-state index contributed by atoms with van der Waals surface area (Å²) >= 11 is 0. The van der Waals surface area contributed by atoms with Crippen molar-refractivity contribution in [3.63, 3.8) is 0 Å². The average molecular weight is 489 g/mol. The highest BCUT2D eigenvalue weighted by molar-refractivity contribution is 5.89. The van der Waals surface area contributed by atoms with Gasteiger partial charge in [0, 0.05) is 58.8 Å². The number of nitrogens with one attached hydrogen (secondary N) is 1. The number of alkyl halides is 3. The number of piperazine rings is 1. The van der Waals surface area contributed by atoms with Crippen LogP contribution in [0.15, 0.2) is 48.5 Å². The van der Waals surface area contributed by atoms with Gasteiger partial charge in [-0.1, -0.05) is 36.4 Å². The van der Waals surface area contributed by atoms with Crippen LogP contribution in [-0.4, -0.2) is 66.3 Å². The Balaban J connectivity index is 1.28. The second-order valence-corrected chi connectivity index (χ2v) is 9.49. The summed E-state index contributed by atoms with van der Waals surface area (Å²) in [5, 5.41) is 2.92. The van der Waals surface area contributed by atoms with Gasteiger partial charge < -0.3 is 15.1 Å². The van der Waals surface area contributed by atoms with Crippen LogP contribution in [0.1, 0.15) is 28.7 Å². The SMILES string of the molecule is CN1CCN(Cc2cccc(CNC(=O)C3CC(=O)N(Cc4cccc(C(F)(F)F)c4)C3)c2)CC1. The first-order valence-electron chi connectivity index (χ1n) is 11.9. The standard InChI is InChI=1S/C26H31F3N4O2/c1-31-8-10-32(11-9-31)16-20-5-2-4-19(12-20)15-30-25(35)22-14-24(34)33(18-22)17-21-6-3-7-23(13-21)26(27,28)29/h2-7,12-13,22H,8-11,14-18H2,1H3,(H,30,35). The number of rotatable bonds is 7. The maximum Gasteiger partial charge on any atom is 0.416 e. The summed E-state index contributed by atoms with van der Waals surface area (Å²) in [7, 11) is 2.13. The van der Waals surface area contributed by atoms with Gasteiger partial charge >= 0.3 is 6.18 Å². The highest BCUT2D eigenvalue weighted by atomic mass is 19.4. The third kappa shape index (κ3) is 6.82. The number of carbonyl (C=O) groups is 2. The number of carbonyl (C=O) groups excluding carboxylic acids is 2. The van der Waals surface area contributed by atoms with Crippen LogP contribution < -0.4 is 5.32 Å². The smallest absolute Gasteiger partial charge is 0.352 e. The molecule has 0 aromatic heterocycles. The minimum Gasteiger partial charge on any atom is -0.352 e. The fourth-order valence-electron chi connectivity index (χ4n) is 4.60. The van der Waals surface area contributed by atoms with Gasteiger partial charge in [-0.2, -0.15) is 13.2 Å². The molecule has 0 aliphatic carbocycles. The molecule has 1 atom stereocenters. The first kappa shape index (κ1) is 25.2. The summed E-state index contributed by atoms with van der Waals surface area (Å²) in [5.74, 6) is -0.951. The monoisotopic (exact) mass is 488 g/mol. The Morgan fingerprint density at radius 1 is 0.971 bits per heavy atom. The molecular weight excluding hydrogens is 457 g/mol. The number of likely N-dealkylation sites (N-methyl/N-ethyl adjacent to an activating group) is 1. The van der Waals surface area contributed by atoms with Crippen molar-refractivity contribution >= 4 is 11.8 Å². The second-order valence-electron chi connectivity index (χ2n) is 9.49. The molecule has 2 fully saturated rings. The maximum absolute atomic E-state index is 13.0. The molecule has 2 saturated heterocycles. The lowest BCUT2D eigenvalue weighted by molar-refractivity contribution is -0.137. The van der Waals surface area contributed by atoms with Crippen LogP contribution >= 0.6 is 0 Å². The van der Waals surface area contributed by atoms with E-state index in [4.69, 9.17) is 0 Å². The Labute approximate surface area is 203 Å². The van der Waals surface area contributed by atoms with E-state index in [1.165, 1.54) is 16.5 Å². The van der Waals surface area contributed by atoms with E-state index in [0.29, 0.717) is 12.1 Å².